The number of benzene rings is 2. The molecule has 0 radical (unpaired) electrons. The summed E-state index contributed by atoms with van der Waals surface area (Å²) >= 11 is 12.1. The van der Waals surface area contributed by atoms with Gasteiger partial charge < -0.3 is 15.3 Å². The number of piperazine rings is 1. The summed E-state index contributed by atoms with van der Waals surface area (Å²) in [5, 5.41) is 13.8. The van der Waals surface area contributed by atoms with Crippen LogP contribution in [0.3, 0.4) is 0 Å². The quantitative estimate of drug-likeness (QED) is 0.497. The Kier molecular flexibility index (Phi) is 7.92. The molecule has 37 heavy (non-hydrogen) atoms. The van der Waals surface area contributed by atoms with Gasteiger partial charge in [-0.25, -0.2) is 0 Å². The SMILES string of the molecule is O=C(CN1CCc2nc3ccccc3c(C(=O)N3CCN(CCO)CC3)c2C1)Nc1ccc(Cl)c(Cl)c1. The highest BCUT2D eigenvalue weighted by Gasteiger charge is 2.30. The topological polar surface area (TPSA) is 89.0 Å². The van der Waals surface area contributed by atoms with Gasteiger partial charge >= 0.3 is 0 Å². The number of para-hydroxylation sites is 1. The number of nitrogens with zero attached hydrogens (tertiary/aromatic N) is 4. The van der Waals surface area contributed by atoms with Crippen LogP contribution in [-0.4, -0.2) is 89.0 Å². The molecule has 8 nitrogen and oxygen atoms in total. The Bertz CT molecular complexity index is 1330. The van der Waals surface area contributed by atoms with E-state index in [4.69, 9.17) is 28.2 Å². The van der Waals surface area contributed by atoms with E-state index in [9.17, 15) is 14.7 Å². The molecule has 2 aliphatic rings. The summed E-state index contributed by atoms with van der Waals surface area (Å²) in [7, 11) is 0. The van der Waals surface area contributed by atoms with E-state index < -0.39 is 0 Å². The van der Waals surface area contributed by atoms with Crippen molar-refractivity contribution in [1.82, 2.24) is 19.7 Å². The van der Waals surface area contributed by atoms with Crippen LogP contribution in [0.1, 0.15) is 21.6 Å². The summed E-state index contributed by atoms with van der Waals surface area (Å²) in [6.07, 6.45) is 0.658. The fraction of sp³-hybridized carbons (Fsp3) is 0.370. The van der Waals surface area contributed by atoms with Crippen molar-refractivity contribution in [1.29, 1.82) is 0 Å². The van der Waals surface area contributed by atoms with Gasteiger partial charge in [0, 0.05) is 74.6 Å². The Morgan fingerprint density at radius 2 is 1.76 bits per heavy atom. The predicted molar refractivity (Wildman–Crippen MR) is 145 cm³/mol. The highest BCUT2D eigenvalue weighted by molar-refractivity contribution is 6.42. The van der Waals surface area contributed by atoms with E-state index in [1.165, 1.54) is 0 Å². The van der Waals surface area contributed by atoms with E-state index in [1.54, 1.807) is 18.2 Å². The first-order chi connectivity index (χ1) is 17.9. The zero-order valence-electron chi connectivity index (χ0n) is 20.4. The third kappa shape index (κ3) is 5.73. The first-order valence-corrected chi connectivity index (χ1v) is 13.2. The normalized spacial score (nSPS) is 16.6. The van der Waals surface area contributed by atoms with Crippen LogP contribution < -0.4 is 5.32 Å². The van der Waals surface area contributed by atoms with E-state index in [-0.39, 0.29) is 25.0 Å². The molecule has 1 fully saturated rings. The smallest absolute Gasteiger partial charge is 0.255 e. The molecule has 0 unspecified atom stereocenters. The summed E-state index contributed by atoms with van der Waals surface area (Å²) in [4.78, 5) is 37.7. The maximum absolute atomic E-state index is 13.9. The number of aromatic nitrogens is 1. The molecule has 0 saturated carbocycles. The van der Waals surface area contributed by atoms with Crippen LogP contribution in [0, 0.1) is 0 Å². The van der Waals surface area contributed by atoms with Gasteiger partial charge in [0.15, 0.2) is 0 Å². The number of aliphatic hydroxyl groups excluding tert-OH is 1. The van der Waals surface area contributed by atoms with Crippen LogP contribution >= 0.6 is 23.2 Å². The third-order valence-electron chi connectivity index (χ3n) is 6.99. The lowest BCUT2D eigenvalue weighted by Gasteiger charge is -2.36. The van der Waals surface area contributed by atoms with Crippen molar-refractivity contribution in [2.45, 2.75) is 13.0 Å². The molecule has 5 rings (SSSR count). The first-order valence-electron chi connectivity index (χ1n) is 12.4. The molecular formula is C27H29Cl2N5O3. The molecule has 3 heterocycles. The molecule has 0 aliphatic carbocycles. The molecule has 2 aliphatic heterocycles. The molecule has 2 aromatic carbocycles. The van der Waals surface area contributed by atoms with Gasteiger partial charge in [-0.2, -0.15) is 0 Å². The van der Waals surface area contributed by atoms with Crippen molar-refractivity contribution in [2.75, 3.05) is 57.7 Å². The van der Waals surface area contributed by atoms with Crippen LogP contribution in [-0.2, 0) is 17.8 Å². The van der Waals surface area contributed by atoms with Gasteiger partial charge in [0.05, 0.1) is 34.3 Å². The second-order valence-corrected chi connectivity index (χ2v) is 10.2. The van der Waals surface area contributed by atoms with Gasteiger partial charge in [-0.15, -0.1) is 0 Å². The van der Waals surface area contributed by atoms with Crippen LogP contribution in [0.5, 0.6) is 0 Å². The molecule has 0 atom stereocenters. The van der Waals surface area contributed by atoms with Crippen molar-refractivity contribution in [3.63, 3.8) is 0 Å². The Balaban J connectivity index is 1.37. The number of nitrogens with one attached hydrogen (secondary N) is 1. The van der Waals surface area contributed by atoms with E-state index in [0.29, 0.717) is 60.4 Å². The molecule has 1 aromatic heterocycles. The summed E-state index contributed by atoms with van der Waals surface area (Å²) in [5.41, 5.74) is 3.90. The standard InChI is InChI=1S/C27H29Cl2N5O3/c28-21-6-5-18(15-22(21)29)30-25(36)17-33-8-7-24-20(16-33)26(19-3-1-2-4-23(19)31-24)27(37)34-11-9-32(10-12-34)13-14-35/h1-6,15,35H,7-14,16-17H2,(H,30,36). The monoisotopic (exact) mass is 541 g/mol. The molecule has 3 aromatic rings. The lowest BCUT2D eigenvalue weighted by Crippen LogP contribution is -2.49. The molecule has 10 heteroatoms. The van der Waals surface area contributed by atoms with E-state index in [1.807, 2.05) is 34.1 Å². The number of hydrogen-bond acceptors (Lipinski definition) is 6. The van der Waals surface area contributed by atoms with Crippen molar-refractivity contribution in [3.8, 4) is 0 Å². The minimum Gasteiger partial charge on any atom is -0.395 e. The van der Waals surface area contributed by atoms with Crippen molar-refractivity contribution >= 4 is 51.6 Å². The highest BCUT2D eigenvalue weighted by atomic mass is 35.5. The minimum absolute atomic E-state index is 0.000561. The van der Waals surface area contributed by atoms with E-state index in [0.717, 1.165) is 35.2 Å². The van der Waals surface area contributed by atoms with Crippen LogP contribution in [0.4, 0.5) is 5.69 Å². The van der Waals surface area contributed by atoms with Gasteiger partial charge in [0.25, 0.3) is 5.91 Å². The fourth-order valence-electron chi connectivity index (χ4n) is 5.08. The van der Waals surface area contributed by atoms with Gasteiger partial charge in [0.1, 0.15) is 0 Å². The summed E-state index contributed by atoms with van der Waals surface area (Å²) in [6, 6.07) is 12.8. The number of hydrogen-bond donors (Lipinski definition) is 2. The Morgan fingerprint density at radius 3 is 2.51 bits per heavy atom. The number of halogens is 2. The van der Waals surface area contributed by atoms with Gasteiger partial charge in [0.2, 0.25) is 5.91 Å². The molecule has 0 spiro atoms. The first kappa shape index (κ1) is 25.9. The van der Waals surface area contributed by atoms with Crippen LogP contribution in [0.25, 0.3) is 10.9 Å². The maximum Gasteiger partial charge on any atom is 0.255 e. The Labute approximate surface area is 225 Å². The summed E-state index contributed by atoms with van der Waals surface area (Å²) < 4.78 is 0. The molecule has 194 valence electrons. The van der Waals surface area contributed by atoms with Crippen LogP contribution in [0.2, 0.25) is 10.0 Å². The average molecular weight is 542 g/mol. The van der Waals surface area contributed by atoms with E-state index in [2.05, 4.69) is 10.2 Å². The minimum atomic E-state index is -0.163. The van der Waals surface area contributed by atoms with Gasteiger partial charge in [-0.1, -0.05) is 41.4 Å². The largest absolute Gasteiger partial charge is 0.395 e. The average Bonchev–Trinajstić information content (AvgIpc) is 2.90. The number of fused-ring (bicyclic) bond motifs is 2. The Morgan fingerprint density at radius 1 is 0.973 bits per heavy atom. The number of carbonyl (C=O) groups excluding carboxylic acids is 2. The van der Waals surface area contributed by atoms with Gasteiger partial charge in [-0.3, -0.25) is 24.4 Å². The number of amides is 2. The number of carbonyl (C=O) groups is 2. The number of pyridine rings is 1. The third-order valence-corrected chi connectivity index (χ3v) is 7.72. The van der Waals surface area contributed by atoms with Crippen molar-refractivity contribution in [2.24, 2.45) is 0 Å². The molecule has 1 saturated heterocycles. The molecule has 0 bridgehead atoms. The lowest BCUT2D eigenvalue weighted by molar-refractivity contribution is -0.117. The number of anilines is 1. The van der Waals surface area contributed by atoms with Gasteiger partial charge in [-0.05, 0) is 24.3 Å². The van der Waals surface area contributed by atoms with Crippen LogP contribution in [0.15, 0.2) is 42.5 Å². The summed E-state index contributed by atoms with van der Waals surface area (Å²) in [6.45, 7) is 4.74. The predicted octanol–water partition coefficient (Wildman–Crippen LogP) is 3.29. The second kappa shape index (κ2) is 11.3. The maximum atomic E-state index is 13.9. The summed E-state index contributed by atoms with van der Waals surface area (Å²) in [5.74, 6) is -0.163. The fourth-order valence-corrected chi connectivity index (χ4v) is 5.37. The number of β-amino-alcohol motifs (C(OH)–C–C–N with tert-alkyl or cyclic N) is 1. The Hall–Kier alpha value is -2.75. The lowest BCUT2D eigenvalue weighted by atomic mass is 9.94. The highest BCUT2D eigenvalue weighted by Crippen LogP contribution is 2.30. The number of aliphatic hydroxyl groups is 1. The molecule has 2 amide bonds. The zero-order chi connectivity index (χ0) is 25.9. The molecule has 2 N–H and O–H groups in total. The number of rotatable bonds is 6. The van der Waals surface area contributed by atoms with E-state index >= 15 is 0 Å². The zero-order valence-corrected chi connectivity index (χ0v) is 21.9. The second-order valence-electron chi connectivity index (χ2n) is 9.42. The van der Waals surface area contributed by atoms with Crippen molar-refractivity contribution in [3.05, 3.63) is 69.3 Å². The molecular weight excluding hydrogens is 513 g/mol. The van der Waals surface area contributed by atoms with Crippen molar-refractivity contribution < 1.29 is 14.7 Å².